The van der Waals surface area contributed by atoms with Crippen molar-refractivity contribution in [1.29, 1.82) is 0 Å². The van der Waals surface area contributed by atoms with Crippen molar-refractivity contribution in [3.05, 3.63) is 23.0 Å². The van der Waals surface area contributed by atoms with Crippen LogP contribution in [0.2, 0.25) is 0 Å². The van der Waals surface area contributed by atoms with Gasteiger partial charge in [0.05, 0.1) is 27.9 Å². The number of aryl methyl sites for hydroxylation is 1. The van der Waals surface area contributed by atoms with Gasteiger partial charge in [0.1, 0.15) is 5.76 Å². The van der Waals surface area contributed by atoms with Crippen molar-refractivity contribution in [1.82, 2.24) is 0 Å². The van der Waals surface area contributed by atoms with Crippen LogP contribution in [0.15, 0.2) is 11.8 Å². The SMILES string of the molecule is COc1cc2c(c(OC)c1OC)C1=C(OCC1)[C@H](CC(N)=O)CC2. The van der Waals surface area contributed by atoms with E-state index in [1.165, 1.54) is 0 Å². The minimum absolute atomic E-state index is 0.00842. The monoisotopic (exact) mass is 333 g/mol. The zero-order valence-electron chi connectivity index (χ0n) is 14.3. The molecule has 0 saturated carbocycles. The van der Waals surface area contributed by atoms with Crippen LogP contribution >= 0.6 is 0 Å². The number of rotatable bonds is 5. The number of hydrogen-bond donors (Lipinski definition) is 1. The van der Waals surface area contributed by atoms with Crippen LogP contribution in [0.1, 0.15) is 30.4 Å². The van der Waals surface area contributed by atoms with E-state index in [9.17, 15) is 4.79 Å². The van der Waals surface area contributed by atoms with Gasteiger partial charge in [-0.15, -0.1) is 0 Å². The lowest BCUT2D eigenvalue weighted by molar-refractivity contribution is -0.118. The number of amides is 1. The van der Waals surface area contributed by atoms with Crippen LogP contribution in [-0.4, -0.2) is 33.8 Å². The molecule has 1 atom stereocenters. The summed E-state index contributed by atoms with van der Waals surface area (Å²) in [6.45, 7) is 0.608. The predicted octanol–water partition coefficient (Wildman–Crippen LogP) is 2.28. The third kappa shape index (κ3) is 2.66. The van der Waals surface area contributed by atoms with Crippen molar-refractivity contribution in [3.63, 3.8) is 0 Å². The molecule has 2 aliphatic rings. The molecule has 1 heterocycles. The summed E-state index contributed by atoms with van der Waals surface area (Å²) >= 11 is 0. The molecule has 130 valence electrons. The molecule has 1 aromatic carbocycles. The molecule has 6 nitrogen and oxygen atoms in total. The van der Waals surface area contributed by atoms with Crippen molar-refractivity contribution in [2.45, 2.75) is 25.7 Å². The number of primary amides is 1. The van der Waals surface area contributed by atoms with Crippen LogP contribution in [0.5, 0.6) is 17.2 Å². The summed E-state index contributed by atoms with van der Waals surface area (Å²) in [4.78, 5) is 11.4. The molecule has 3 rings (SSSR count). The summed E-state index contributed by atoms with van der Waals surface area (Å²) < 4.78 is 22.5. The maximum Gasteiger partial charge on any atom is 0.218 e. The molecular weight excluding hydrogens is 310 g/mol. The lowest BCUT2D eigenvalue weighted by Gasteiger charge is -2.19. The molecular formula is C18H23NO5. The Morgan fingerprint density at radius 3 is 2.58 bits per heavy atom. The number of carbonyl (C=O) groups is 1. The number of allylic oxidation sites excluding steroid dienone is 1. The highest BCUT2D eigenvalue weighted by Crippen LogP contribution is 2.50. The van der Waals surface area contributed by atoms with Crippen LogP contribution in [0.3, 0.4) is 0 Å². The third-order valence-corrected chi connectivity index (χ3v) is 4.70. The standard InChI is InChI=1S/C18H23NO5/c1-21-13-8-10-4-5-11(9-14(19)20)16-12(6-7-24-16)15(10)18(23-3)17(13)22-2/h8,11H,4-7,9H2,1-3H3,(H2,19,20)/t11-/m0/s1. The maximum atomic E-state index is 11.4. The molecule has 0 radical (unpaired) electrons. The number of ether oxygens (including phenoxy) is 4. The number of nitrogens with two attached hydrogens (primary N) is 1. The Bertz CT molecular complexity index is 695. The van der Waals surface area contributed by atoms with E-state index in [0.717, 1.165) is 41.7 Å². The Morgan fingerprint density at radius 1 is 1.21 bits per heavy atom. The first-order chi connectivity index (χ1) is 11.6. The van der Waals surface area contributed by atoms with Gasteiger partial charge in [-0.3, -0.25) is 4.79 Å². The molecule has 0 spiro atoms. The second kappa shape index (κ2) is 6.63. The van der Waals surface area contributed by atoms with Gasteiger partial charge in [-0.1, -0.05) is 0 Å². The summed E-state index contributed by atoms with van der Waals surface area (Å²) in [5.41, 5.74) is 8.65. The van der Waals surface area contributed by atoms with Crippen LogP contribution in [-0.2, 0) is 16.0 Å². The van der Waals surface area contributed by atoms with Gasteiger partial charge in [0.15, 0.2) is 11.5 Å². The summed E-state index contributed by atoms with van der Waals surface area (Å²) in [5.74, 6) is 2.44. The largest absolute Gasteiger partial charge is 0.497 e. The maximum absolute atomic E-state index is 11.4. The molecule has 0 unspecified atom stereocenters. The highest BCUT2D eigenvalue weighted by molar-refractivity contribution is 5.82. The van der Waals surface area contributed by atoms with Gasteiger partial charge in [-0.25, -0.2) is 0 Å². The minimum Gasteiger partial charge on any atom is -0.497 e. The first-order valence-corrected chi connectivity index (χ1v) is 8.07. The van der Waals surface area contributed by atoms with Gasteiger partial charge in [0.2, 0.25) is 11.7 Å². The third-order valence-electron chi connectivity index (χ3n) is 4.70. The van der Waals surface area contributed by atoms with Crippen molar-refractivity contribution in [2.24, 2.45) is 11.7 Å². The number of carbonyl (C=O) groups excluding carboxylic acids is 1. The minimum atomic E-state index is -0.310. The fraction of sp³-hybridized carbons (Fsp3) is 0.500. The highest BCUT2D eigenvalue weighted by Gasteiger charge is 2.34. The van der Waals surface area contributed by atoms with Gasteiger partial charge in [-0.2, -0.15) is 0 Å². The Balaban J connectivity index is 2.19. The summed E-state index contributed by atoms with van der Waals surface area (Å²) in [6, 6.07) is 1.99. The van der Waals surface area contributed by atoms with E-state index in [-0.39, 0.29) is 11.8 Å². The lowest BCUT2D eigenvalue weighted by atomic mass is 9.95. The van der Waals surface area contributed by atoms with Crippen molar-refractivity contribution < 1.29 is 23.7 Å². The zero-order chi connectivity index (χ0) is 17.3. The summed E-state index contributed by atoms with van der Waals surface area (Å²) in [7, 11) is 4.83. The van der Waals surface area contributed by atoms with E-state index in [0.29, 0.717) is 30.3 Å². The molecule has 1 aliphatic carbocycles. The van der Waals surface area contributed by atoms with E-state index in [1.807, 2.05) is 6.07 Å². The molecule has 0 saturated heterocycles. The molecule has 0 fully saturated rings. The molecule has 24 heavy (non-hydrogen) atoms. The Labute approximate surface area is 141 Å². The smallest absolute Gasteiger partial charge is 0.218 e. The quantitative estimate of drug-likeness (QED) is 0.894. The van der Waals surface area contributed by atoms with E-state index < -0.39 is 0 Å². The molecule has 1 aliphatic heterocycles. The topological polar surface area (TPSA) is 80.0 Å². The molecule has 6 heteroatoms. The number of fused-ring (bicyclic) bond motifs is 2. The Morgan fingerprint density at radius 2 is 1.96 bits per heavy atom. The molecule has 0 bridgehead atoms. The van der Waals surface area contributed by atoms with E-state index in [1.54, 1.807) is 21.3 Å². The van der Waals surface area contributed by atoms with Gasteiger partial charge in [0, 0.05) is 29.9 Å². The molecule has 2 N–H and O–H groups in total. The van der Waals surface area contributed by atoms with Crippen molar-refractivity contribution >= 4 is 11.5 Å². The van der Waals surface area contributed by atoms with E-state index in [4.69, 9.17) is 24.7 Å². The van der Waals surface area contributed by atoms with E-state index in [2.05, 4.69) is 0 Å². The number of hydrogen-bond acceptors (Lipinski definition) is 5. The van der Waals surface area contributed by atoms with Crippen LogP contribution in [0, 0.1) is 5.92 Å². The van der Waals surface area contributed by atoms with Crippen LogP contribution in [0.4, 0.5) is 0 Å². The lowest BCUT2D eigenvalue weighted by Crippen LogP contribution is -2.18. The first-order valence-electron chi connectivity index (χ1n) is 8.07. The highest BCUT2D eigenvalue weighted by atomic mass is 16.5. The summed E-state index contributed by atoms with van der Waals surface area (Å²) in [5, 5.41) is 0. The van der Waals surface area contributed by atoms with Crippen molar-refractivity contribution in [3.8, 4) is 17.2 Å². The molecule has 0 aromatic heterocycles. The Hall–Kier alpha value is -2.37. The average molecular weight is 333 g/mol. The Kier molecular flexibility index (Phi) is 4.55. The zero-order valence-corrected chi connectivity index (χ0v) is 14.3. The van der Waals surface area contributed by atoms with Crippen molar-refractivity contribution in [2.75, 3.05) is 27.9 Å². The fourth-order valence-corrected chi connectivity index (χ4v) is 3.72. The number of benzene rings is 1. The van der Waals surface area contributed by atoms with Crippen LogP contribution in [0.25, 0.3) is 5.57 Å². The predicted molar refractivity (Wildman–Crippen MR) is 89.2 cm³/mol. The second-order valence-electron chi connectivity index (χ2n) is 6.03. The normalized spacial score (nSPS) is 19.0. The van der Waals surface area contributed by atoms with Gasteiger partial charge in [0.25, 0.3) is 0 Å². The average Bonchev–Trinajstić information content (AvgIpc) is 3.00. The number of methoxy groups -OCH3 is 3. The van der Waals surface area contributed by atoms with Crippen LogP contribution < -0.4 is 19.9 Å². The van der Waals surface area contributed by atoms with E-state index >= 15 is 0 Å². The van der Waals surface area contributed by atoms with Gasteiger partial charge in [-0.05, 0) is 24.5 Å². The molecule has 1 aromatic rings. The van der Waals surface area contributed by atoms with Gasteiger partial charge >= 0.3 is 0 Å². The second-order valence-corrected chi connectivity index (χ2v) is 6.03. The first kappa shape index (κ1) is 16.5. The summed E-state index contributed by atoms with van der Waals surface area (Å²) in [6.07, 6.45) is 2.67. The van der Waals surface area contributed by atoms with Gasteiger partial charge < -0.3 is 24.7 Å². The molecule has 1 amide bonds. The fourth-order valence-electron chi connectivity index (χ4n) is 3.72.